The van der Waals surface area contributed by atoms with Crippen molar-refractivity contribution in [2.75, 3.05) is 20.2 Å². The van der Waals surface area contributed by atoms with Crippen LogP contribution in [0.3, 0.4) is 0 Å². The molecule has 1 aromatic carbocycles. The number of ether oxygens (including phenoxy) is 1. The summed E-state index contributed by atoms with van der Waals surface area (Å²) < 4.78 is 5.35. The minimum atomic E-state index is 0.358. The minimum absolute atomic E-state index is 0.358. The van der Waals surface area contributed by atoms with Gasteiger partial charge < -0.3 is 9.64 Å². The third-order valence-corrected chi connectivity index (χ3v) is 3.20. The zero-order valence-electron chi connectivity index (χ0n) is 10.7. The molecule has 0 radical (unpaired) electrons. The predicted molar refractivity (Wildman–Crippen MR) is 72.5 cm³/mol. The molecule has 0 amide bonds. The molecule has 1 saturated heterocycles. The van der Waals surface area contributed by atoms with Gasteiger partial charge in [-0.1, -0.05) is 18.2 Å². The first-order valence-electron chi connectivity index (χ1n) is 6.21. The second-order valence-electron chi connectivity index (χ2n) is 4.34. The van der Waals surface area contributed by atoms with Gasteiger partial charge in [0.15, 0.2) is 0 Å². The van der Waals surface area contributed by atoms with Gasteiger partial charge in [0.1, 0.15) is 0 Å². The normalized spacial score (nSPS) is 17.9. The summed E-state index contributed by atoms with van der Waals surface area (Å²) in [6, 6.07) is 9.81. The molecule has 0 aliphatic carbocycles. The first-order chi connectivity index (χ1) is 8.83. The second-order valence-corrected chi connectivity index (χ2v) is 4.34. The Hall–Kier alpha value is -1.59. The van der Waals surface area contributed by atoms with Crippen molar-refractivity contribution < 1.29 is 4.74 Å². The van der Waals surface area contributed by atoms with Crippen LogP contribution < -0.4 is 11.3 Å². The molecule has 0 saturated carbocycles. The largest absolute Gasteiger partial charge is 0.381 e. The Morgan fingerprint density at radius 2 is 2.00 bits per heavy atom. The van der Waals surface area contributed by atoms with E-state index in [0.717, 1.165) is 37.6 Å². The lowest BCUT2D eigenvalue weighted by atomic mass is 10.1. The van der Waals surface area contributed by atoms with Crippen LogP contribution in [0, 0.1) is 0 Å². The van der Waals surface area contributed by atoms with Crippen LogP contribution in [-0.2, 0) is 4.74 Å². The molecule has 0 unspecified atom stereocenters. The van der Waals surface area contributed by atoms with Crippen molar-refractivity contribution in [3.05, 3.63) is 30.3 Å². The summed E-state index contributed by atoms with van der Waals surface area (Å²) in [4.78, 5) is 6.67. The fourth-order valence-electron chi connectivity index (χ4n) is 2.12. The number of nitrogens with one attached hydrogen (secondary N) is 1. The van der Waals surface area contributed by atoms with Crippen LogP contribution in [0.5, 0.6) is 0 Å². The minimum Gasteiger partial charge on any atom is -0.381 e. The van der Waals surface area contributed by atoms with Gasteiger partial charge in [-0.2, -0.15) is 0 Å². The maximum atomic E-state index is 5.56. The molecule has 18 heavy (non-hydrogen) atoms. The molecule has 1 aromatic rings. The number of guanidine groups is 1. The monoisotopic (exact) mass is 248 g/mol. The van der Waals surface area contributed by atoms with Crippen LogP contribution in [-0.4, -0.2) is 37.2 Å². The van der Waals surface area contributed by atoms with Crippen LogP contribution in [0.1, 0.15) is 12.8 Å². The Morgan fingerprint density at radius 1 is 1.33 bits per heavy atom. The standard InChI is InChI=1S/C13H20N4O/c1-18-12-7-9-17(10-8-12)13(16-14)15-11-5-3-2-4-6-11/h2-6,12H,7-10,14H2,1H3,(H,15,16). The Bertz CT molecular complexity index is 385. The summed E-state index contributed by atoms with van der Waals surface area (Å²) in [6.45, 7) is 1.82. The van der Waals surface area contributed by atoms with Gasteiger partial charge in [-0.05, 0) is 25.0 Å². The summed E-state index contributed by atoms with van der Waals surface area (Å²) in [5, 5.41) is 0. The number of hydrogen-bond acceptors (Lipinski definition) is 3. The molecule has 1 aliphatic heterocycles. The number of aliphatic imine (C=N–C) groups is 1. The van der Waals surface area contributed by atoms with E-state index in [1.165, 1.54) is 0 Å². The van der Waals surface area contributed by atoms with Gasteiger partial charge >= 0.3 is 0 Å². The van der Waals surface area contributed by atoms with Crippen LogP contribution in [0.2, 0.25) is 0 Å². The molecule has 1 aliphatic rings. The predicted octanol–water partition coefficient (Wildman–Crippen LogP) is 1.25. The molecule has 98 valence electrons. The van der Waals surface area contributed by atoms with Gasteiger partial charge in [0, 0.05) is 20.2 Å². The van der Waals surface area contributed by atoms with Gasteiger partial charge in [0.2, 0.25) is 5.96 Å². The van der Waals surface area contributed by atoms with Crippen LogP contribution in [0.25, 0.3) is 0 Å². The fourth-order valence-corrected chi connectivity index (χ4v) is 2.12. The van der Waals surface area contributed by atoms with Gasteiger partial charge in [-0.3, -0.25) is 5.43 Å². The second kappa shape index (κ2) is 6.37. The van der Waals surface area contributed by atoms with Crippen molar-refractivity contribution in [2.45, 2.75) is 18.9 Å². The Morgan fingerprint density at radius 3 is 2.56 bits per heavy atom. The zero-order chi connectivity index (χ0) is 12.8. The number of nitrogens with two attached hydrogens (primary N) is 1. The molecule has 0 atom stereocenters. The number of likely N-dealkylation sites (tertiary alicyclic amines) is 1. The Kier molecular flexibility index (Phi) is 4.55. The van der Waals surface area contributed by atoms with E-state index >= 15 is 0 Å². The lowest BCUT2D eigenvalue weighted by Gasteiger charge is -2.32. The van der Waals surface area contributed by atoms with Crippen molar-refractivity contribution in [3.8, 4) is 0 Å². The van der Waals surface area contributed by atoms with Gasteiger partial charge in [0.25, 0.3) is 0 Å². The highest BCUT2D eigenvalue weighted by Gasteiger charge is 2.20. The van der Waals surface area contributed by atoms with E-state index in [4.69, 9.17) is 10.6 Å². The Labute approximate surface area is 108 Å². The number of piperidine rings is 1. The smallest absolute Gasteiger partial charge is 0.213 e. The highest BCUT2D eigenvalue weighted by Crippen LogP contribution is 2.15. The first kappa shape index (κ1) is 12.9. The average Bonchev–Trinajstić information content (AvgIpc) is 2.46. The lowest BCUT2D eigenvalue weighted by Crippen LogP contribution is -2.49. The SMILES string of the molecule is COC1CCN(C(=Nc2ccccc2)NN)CC1. The topological polar surface area (TPSA) is 62.9 Å². The van der Waals surface area contributed by atoms with E-state index in [0.29, 0.717) is 6.10 Å². The third-order valence-electron chi connectivity index (χ3n) is 3.20. The number of hydrazine groups is 1. The van der Waals surface area contributed by atoms with Gasteiger partial charge in [-0.25, -0.2) is 10.8 Å². The maximum absolute atomic E-state index is 5.56. The van der Waals surface area contributed by atoms with Gasteiger partial charge in [0.05, 0.1) is 11.8 Å². The molecule has 1 heterocycles. The molecule has 3 N–H and O–H groups in total. The molecule has 5 nitrogen and oxygen atoms in total. The summed E-state index contributed by atoms with van der Waals surface area (Å²) in [6.07, 6.45) is 2.37. The highest BCUT2D eigenvalue weighted by molar-refractivity contribution is 5.82. The van der Waals surface area contributed by atoms with Crippen molar-refractivity contribution in [3.63, 3.8) is 0 Å². The van der Waals surface area contributed by atoms with Crippen LogP contribution in [0.15, 0.2) is 35.3 Å². The number of nitrogens with zero attached hydrogens (tertiary/aromatic N) is 2. The molecule has 5 heteroatoms. The lowest BCUT2D eigenvalue weighted by molar-refractivity contribution is 0.0571. The number of benzene rings is 1. The van der Waals surface area contributed by atoms with E-state index in [2.05, 4.69) is 15.3 Å². The molecule has 0 spiro atoms. The van der Waals surface area contributed by atoms with Gasteiger partial charge in [-0.15, -0.1) is 0 Å². The van der Waals surface area contributed by atoms with Crippen LogP contribution >= 0.6 is 0 Å². The molecule has 0 bridgehead atoms. The quantitative estimate of drug-likeness (QED) is 0.358. The molecule has 1 fully saturated rings. The summed E-state index contributed by atoms with van der Waals surface area (Å²) in [5.41, 5.74) is 3.59. The highest BCUT2D eigenvalue weighted by atomic mass is 16.5. The third kappa shape index (κ3) is 3.21. The van der Waals surface area contributed by atoms with E-state index < -0.39 is 0 Å². The summed E-state index contributed by atoms with van der Waals surface area (Å²) in [5.74, 6) is 6.28. The first-order valence-corrected chi connectivity index (χ1v) is 6.21. The van der Waals surface area contributed by atoms with E-state index in [-0.39, 0.29) is 0 Å². The van der Waals surface area contributed by atoms with Crippen molar-refractivity contribution >= 4 is 11.6 Å². The number of para-hydroxylation sites is 1. The van der Waals surface area contributed by atoms with Crippen molar-refractivity contribution in [1.82, 2.24) is 10.3 Å². The molecular formula is C13H20N4O. The van der Waals surface area contributed by atoms with E-state index in [9.17, 15) is 0 Å². The molecular weight excluding hydrogens is 228 g/mol. The number of rotatable bonds is 2. The number of hydrogen-bond donors (Lipinski definition) is 2. The van der Waals surface area contributed by atoms with E-state index in [1.54, 1.807) is 7.11 Å². The van der Waals surface area contributed by atoms with Crippen molar-refractivity contribution in [2.24, 2.45) is 10.8 Å². The molecule has 0 aromatic heterocycles. The maximum Gasteiger partial charge on any atom is 0.213 e. The fraction of sp³-hybridized carbons (Fsp3) is 0.462. The summed E-state index contributed by atoms with van der Waals surface area (Å²) in [7, 11) is 1.76. The summed E-state index contributed by atoms with van der Waals surface area (Å²) >= 11 is 0. The van der Waals surface area contributed by atoms with E-state index in [1.807, 2.05) is 30.3 Å². The van der Waals surface area contributed by atoms with Crippen molar-refractivity contribution in [1.29, 1.82) is 0 Å². The number of methoxy groups -OCH3 is 1. The molecule has 2 rings (SSSR count). The Balaban J connectivity index is 2.03. The van der Waals surface area contributed by atoms with Crippen LogP contribution in [0.4, 0.5) is 5.69 Å². The zero-order valence-corrected chi connectivity index (χ0v) is 10.7. The average molecular weight is 248 g/mol.